The van der Waals surface area contributed by atoms with Crippen LogP contribution in [0, 0.1) is 5.82 Å². The fraction of sp³-hybridized carbons (Fsp3) is 0.138. The highest BCUT2D eigenvalue weighted by molar-refractivity contribution is 8.18. The van der Waals surface area contributed by atoms with Crippen molar-refractivity contribution in [2.45, 2.75) is 6.54 Å². The van der Waals surface area contributed by atoms with Gasteiger partial charge in [-0.05, 0) is 60.3 Å². The second-order valence-electron chi connectivity index (χ2n) is 8.62. The number of carbonyl (C=O) groups is 3. The summed E-state index contributed by atoms with van der Waals surface area (Å²) in [6, 6.07) is 20.4. The van der Waals surface area contributed by atoms with Crippen molar-refractivity contribution in [2.75, 3.05) is 25.6 Å². The third-order valence-corrected chi connectivity index (χ3v) is 6.98. The number of imide groups is 1. The van der Waals surface area contributed by atoms with Crippen LogP contribution in [0.15, 0.2) is 83.9 Å². The number of rotatable bonds is 9. The molecule has 39 heavy (non-hydrogen) atoms. The Labute approximate surface area is 228 Å². The van der Waals surface area contributed by atoms with Gasteiger partial charge < -0.3 is 19.4 Å². The Balaban J connectivity index is 1.30. The molecule has 10 heteroatoms. The van der Waals surface area contributed by atoms with Crippen LogP contribution >= 0.6 is 11.8 Å². The molecule has 0 bridgehead atoms. The molecule has 0 atom stereocenters. The Kier molecular flexibility index (Phi) is 7.64. The van der Waals surface area contributed by atoms with Crippen LogP contribution in [-0.4, -0.2) is 46.8 Å². The van der Waals surface area contributed by atoms with Crippen molar-refractivity contribution in [1.29, 1.82) is 0 Å². The lowest BCUT2D eigenvalue weighted by Crippen LogP contribution is -2.36. The van der Waals surface area contributed by atoms with E-state index >= 15 is 0 Å². The van der Waals surface area contributed by atoms with Crippen molar-refractivity contribution >= 4 is 51.5 Å². The molecule has 5 rings (SSSR count). The molecule has 0 saturated carbocycles. The predicted octanol–water partition coefficient (Wildman–Crippen LogP) is 5.54. The minimum atomic E-state index is -0.559. The standard InChI is InChI=1S/C29H24FN3O5S/c1-37-24-8-4-5-9-25(24)38-15-14-32-17-19(22-6-2-3-7-23(22)32)16-26-28(35)33(29(36)39-26)18-27(34)31-21-12-10-20(30)11-13-21/h2-13,16-17H,14-15,18H2,1H3,(H,31,34)/b26-16-. The fourth-order valence-corrected chi connectivity index (χ4v) is 5.05. The van der Waals surface area contributed by atoms with Gasteiger partial charge in [0.05, 0.1) is 18.6 Å². The van der Waals surface area contributed by atoms with Crippen LogP contribution in [0.5, 0.6) is 11.5 Å². The van der Waals surface area contributed by atoms with Gasteiger partial charge in [-0.25, -0.2) is 4.39 Å². The van der Waals surface area contributed by atoms with Crippen molar-refractivity contribution in [3.63, 3.8) is 0 Å². The monoisotopic (exact) mass is 545 g/mol. The van der Waals surface area contributed by atoms with Gasteiger partial charge in [0.15, 0.2) is 11.5 Å². The van der Waals surface area contributed by atoms with Gasteiger partial charge in [0.2, 0.25) is 5.91 Å². The number of ether oxygens (including phenoxy) is 2. The van der Waals surface area contributed by atoms with Crippen LogP contribution in [0.1, 0.15) is 5.56 Å². The minimum Gasteiger partial charge on any atom is -0.493 e. The van der Waals surface area contributed by atoms with Crippen LogP contribution in [0.2, 0.25) is 0 Å². The second-order valence-corrected chi connectivity index (χ2v) is 9.61. The highest BCUT2D eigenvalue weighted by Gasteiger charge is 2.36. The lowest BCUT2D eigenvalue weighted by Gasteiger charge is -2.12. The molecule has 0 aliphatic carbocycles. The highest BCUT2D eigenvalue weighted by Crippen LogP contribution is 2.34. The number of thioether (sulfide) groups is 1. The average molecular weight is 546 g/mol. The van der Waals surface area contributed by atoms with Gasteiger partial charge in [0.25, 0.3) is 11.1 Å². The Morgan fingerprint density at radius 3 is 2.49 bits per heavy atom. The molecule has 2 heterocycles. The van der Waals surface area contributed by atoms with E-state index in [0.717, 1.165) is 33.1 Å². The lowest BCUT2D eigenvalue weighted by atomic mass is 10.1. The number of hydrogen-bond acceptors (Lipinski definition) is 6. The molecule has 0 unspecified atom stereocenters. The second kappa shape index (κ2) is 11.4. The number of halogens is 1. The van der Waals surface area contributed by atoms with E-state index in [2.05, 4.69) is 5.32 Å². The Hall–Kier alpha value is -4.57. The zero-order valence-corrected chi connectivity index (χ0v) is 21.7. The zero-order valence-electron chi connectivity index (χ0n) is 20.9. The molecule has 198 valence electrons. The summed E-state index contributed by atoms with van der Waals surface area (Å²) in [5, 5.41) is 2.94. The van der Waals surface area contributed by atoms with Gasteiger partial charge >= 0.3 is 0 Å². The van der Waals surface area contributed by atoms with Crippen molar-refractivity contribution in [3.05, 3.63) is 95.3 Å². The van der Waals surface area contributed by atoms with Crippen molar-refractivity contribution in [3.8, 4) is 11.5 Å². The molecule has 1 aliphatic heterocycles. The molecule has 1 aromatic heterocycles. The SMILES string of the molecule is COc1ccccc1OCCn1cc(/C=C2\SC(=O)N(CC(=O)Nc3ccc(F)cc3)C2=O)c2ccccc21. The summed E-state index contributed by atoms with van der Waals surface area (Å²) < 4.78 is 26.4. The van der Waals surface area contributed by atoms with Crippen molar-refractivity contribution in [1.82, 2.24) is 9.47 Å². The number of methoxy groups -OCH3 is 1. The first-order chi connectivity index (χ1) is 18.9. The van der Waals surface area contributed by atoms with Gasteiger partial charge in [-0.1, -0.05) is 30.3 Å². The highest BCUT2D eigenvalue weighted by atomic mass is 32.2. The number of benzene rings is 3. The summed E-state index contributed by atoms with van der Waals surface area (Å²) >= 11 is 0.785. The first kappa shape index (κ1) is 26.1. The van der Waals surface area contributed by atoms with Crippen LogP contribution in [0.25, 0.3) is 17.0 Å². The molecule has 4 aromatic rings. The van der Waals surface area contributed by atoms with E-state index in [1.165, 1.54) is 24.3 Å². The number of hydrogen-bond donors (Lipinski definition) is 1. The average Bonchev–Trinajstić information content (AvgIpc) is 3.42. The van der Waals surface area contributed by atoms with Crippen LogP contribution in [0.3, 0.4) is 0 Å². The van der Waals surface area contributed by atoms with Gasteiger partial charge in [-0.15, -0.1) is 0 Å². The molecule has 8 nitrogen and oxygen atoms in total. The Morgan fingerprint density at radius 1 is 1.00 bits per heavy atom. The van der Waals surface area contributed by atoms with E-state index in [1.54, 1.807) is 13.2 Å². The maximum Gasteiger partial charge on any atom is 0.294 e. The third-order valence-electron chi connectivity index (χ3n) is 6.07. The van der Waals surface area contributed by atoms with Crippen molar-refractivity contribution < 1.29 is 28.2 Å². The van der Waals surface area contributed by atoms with E-state index in [0.29, 0.717) is 30.3 Å². The third kappa shape index (κ3) is 5.80. The molecule has 1 saturated heterocycles. The number of para-hydroxylation sites is 3. The fourth-order valence-electron chi connectivity index (χ4n) is 4.22. The van der Waals surface area contributed by atoms with Gasteiger partial charge in [0, 0.05) is 28.4 Å². The maximum atomic E-state index is 13.1. The van der Waals surface area contributed by atoms with E-state index < -0.39 is 29.4 Å². The summed E-state index contributed by atoms with van der Waals surface area (Å²) in [6.45, 7) is 0.483. The van der Waals surface area contributed by atoms with Crippen LogP contribution in [0.4, 0.5) is 14.9 Å². The minimum absolute atomic E-state index is 0.225. The molecule has 1 N–H and O–H groups in total. The largest absolute Gasteiger partial charge is 0.493 e. The smallest absolute Gasteiger partial charge is 0.294 e. The summed E-state index contributed by atoms with van der Waals surface area (Å²) in [7, 11) is 1.59. The first-order valence-corrected chi connectivity index (χ1v) is 12.9. The van der Waals surface area contributed by atoms with Gasteiger partial charge in [-0.3, -0.25) is 19.3 Å². The molecule has 1 aliphatic rings. The normalized spacial score (nSPS) is 14.3. The summed E-state index contributed by atoms with van der Waals surface area (Å²) in [5.41, 5.74) is 2.08. The lowest BCUT2D eigenvalue weighted by molar-refractivity contribution is -0.127. The summed E-state index contributed by atoms with van der Waals surface area (Å²) in [5.74, 6) is -0.242. The maximum absolute atomic E-state index is 13.1. The first-order valence-electron chi connectivity index (χ1n) is 12.1. The Morgan fingerprint density at radius 2 is 1.72 bits per heavy atom. The molecule has 3 aromatic carbocycles. The molecular weight excluding hydrogens is 521 g/mol. The van der Waals surface area contributed by atoms with Gasteiger partial charge in [0.1, 0.15) is 19.0 Å². The number of amides is 3. The summed E-state index contributed by atoms with van der Waals surface area (Å²) in [6.07, 6.45) is 3.58. The molecule has 3 amide bonds. The van der Waals surface area contributed by atoms with E-state index in [4.69, 9.17) is 9.47 Å². The number of fused-ring (bicyclic) bond motifs is 1. The van der Waals surface area contributed by atoms with E-state index in [-0.39, 0.29) is 4.91 Å². The van der Waals surface area contributed by atoms with Crippen LogP contribution in [-0.2, 0) is 16.1 Å². The topological polar surface area (TPSA) is 89.9 Å². The number of nitrogens with one attached hydrogen (secondary N) is 1. The van der Waals surface area contributed by atoms with Crippen molar-refractivity contribution in [2.24, 2.45) is 0 Å². The van der Waals surface area contributed by atoms with Crippen LogP contribution < -0.4 is 14.8 Å². The Bertz CT molecular complexity index is 1580. The predicted molar refractivity (Wildman–Crippen MR) is 148 cm³/mol. The number of anilines is 1. The molecule has 0 radical (unpaired) electrons. The summed E-state index contributed by atoms with van der Waals surface area (Å²) in [4.78, 5) is 39.2. The quantitative estimate of drug-likeness (QED) is 0.278. The number of nitrogens with zero attached hydrogens (tertiary/aromatic N) is 2. The molecule has 0 spiro atoms. The van der Waals surface area contributed by atoms with Gasteiger partial charge in [-0.2, -0.15) is 0 Å². The number of carbonyl (C=O) groups excluding carboxylic acids is 3. The van der Waals surface area contributed by atoms with E-state index in [9.17, 15) is 18.8 Å². The zero-order chi connectivity index (χ0) is 27.4. The molecular formula is C29H24FN3O5S. The number of aromatic nitrogens is 1. The van der Waals surface area contributed by atoms with E-state index in [1.807, 2.05) is 59.3 Å². The molecule has 1 fully saturated rings.